The van der Waals surface area contributed by atoms with Crippen LogP contribution in [-0.4, -0.2) is 8.80 Å². The lowest BCUT2D eigenvalue weighted by atomic mass is 9.78. The quantitative estimate of drug-likeness (QED) is 0.187. The fourth-order valence-electron chi connectivity index (χ4n) is 7.80. The molecule has 0 N–H and O–H groups in total. The van der Waals surface area contributed by atoms with Gasteiger partial charge in [-0.25, -0.2) is 0 Å². The molecular formula is C50H66Si. The smallest absolute Gasteiger partial charge is 0.0439 e. The van der Waals surface area contributed by atoms with E-state index in [1.54, 1.807) is 11.1 Å². The molecule has 0 aliphatic heterocycles. The second-order valence-corrected chi connectivity index (χ2v) is 23.2. The number of benzene rings is 4. The molecule has 0 nitrogen and oxygen atoms in total. The molecule has 0 heterocycles. The molecule has 0 amide bonds. The molecule has 0 bridgehead atoms. The topological polar surface area (TPSA) is 0 Å². The molecule has 0 radical (unpaired) electrons. The Balaban J connectivity index is 0.000000199. The Bertz CT molecular complexity index is 1920. The Labute approximate surface area is 314 Å². The van der Waals surface area contributed by atoms with E-state index in [-0.39, 0.29) is 21.7 Å². The summed E-state index contributed by atoms with van der Waals surface area (Å²) in [6.07, 6.45) is 5.92. The molecule has 2 aliphatic carbocycles. The lowest BCUT2D eigenvalue weighted by molar-refractivity contribution is 0.568. The lowest BCUT2D eigenvalue weighted by Gasteiger charge is -2.27. The van der Waals surface area contributed by atoms with E-state index in [1.807, 2.05) is 0 Å². The van der Waals surface area contributed by atoms with Crippen LogP contribution in [0.3, 0.4) is 0 Å². The Morgan fingerprint density at radius 2 is 0.922 bits per heavy atom. The van der Waals surface area contributed by atoms with Crippen LogP contribution >= 0.6 is 0 Å². The predicted molar refractivity (Wildman–Crippen MR) is 231 cm³/mol. The van der Waals surface area contributed by atoms with E-state index < -0.39 is 8.80 Å². The van der Waals surface area contributed by atoms with Crippen molar-refractivity contribution in [2.24, 2.45) is 0 Å². The standard InChI is InChI=1S/C26H36Si.C24H30/c1-17-13-23-21(11-10-12-22(23)24(17)27(8)9)18-14-19(25(2,3)4)16-20(15-18)26(5,6)7;1-16-11-17-9-8-10-21(22(17)12-16)18-13-19(23(2,3)4)15-20(14-18)24(5,6)7/h10-16,24,27H,1-9H3;8-10,12-15H,11H2,1-7H3. The van der Waals surface area contributed by atoms with Crippen molar-refractivity contribution in [3.05, 3.63) is 128 Å². The van der Waals surface area contributed by atoms with E-state index in [0.29, 0.717) is 5.54 Å². The summed E-state index contributed by atoms with van der Waals surface area (Å²) in [5.41, 5.74) is 21.4. The SMILES string of the molecule is CC1=Cc2c(-c3cc(C(C)(C)C)cc(C(C)(C)C)c3)cccc2C1[SiH](C)C.CC1=Cc2c(cccc2-c2cc(C(C)(C)C)cc(C(C)(C)C)c2)C1. The summed E-state index contributed by atoms with van der Waals surface area (Å²) < 4.78 is 0. The van der Waals surface area contributed by atoms with E-state index in [1.165, 1.54) is 66.8 Å². The molecule has 0 saturated carbocycles. The van der Waals surface area contributed by atoms with E-state index >= 15 is 0 Å². The molecular weight excluding hydrogens is 629 g/mol. The molecule has 51 heavy (non-hydrogen) atoms. The summed E-state index contributed by atoms with van der Waals surface area (Å²) in [5.74, 6) is 0. The first-order valence-corrected chi connectivity index (χ1v) is 22.4. The summed E-state index contributed by atoms with van der Waals surface area (Å²) in [6, 6.07) is 28.2. The van der Waals surface area contributed by atoms with E-state index in [9.17, 15) is 0 Å². The number of hydrogen-bond donors (Lipinski definition) is 0. The average molecular weight is 695 g/mol. The molecule has 6 rings (SSSR count). The van der Waals surface area contributed by atoms with Crippen molar-refractivity contribution in [3.8, 4) is 22.3 Å². The zero-order valence-electron chi connectivity index (χ0n) is 34.9. The van der Waals surface area contributed by atoms with E-state index in [4.69, 9.17) is 0 Å². The van der Waals surface area contributed by atoms with E-state index in [0.717, 1.165) is 6.42 Å². The minimum absolute atomic E-state index is 0.146. The van der Waals surface area contributed by atoms with Gasteiger partial charge in [0.25, 0.3) is 0 Å². The third kappa shape index (κ3) is 8.46. The number of rotatable bonds is 3. The van der Waals surface area contributed by atoms with Crippen molar-refractivity contribution in [2.45, 2.75) is 144 Å². The Kier molecular flexibility index (Phi) is 10.5. The van der Waals surface area contributed by atoms with Gasteiger partial charge in [-0.2, -0.15) is 0 Å². The van der Waals surface area contributed by atoms with Gasteiger partial charge < -0.3 is 0 Å². The first-order valence-electron chi connectivity index (χ1n) is 19.4. The highest BCUT2D eigenvalue weighted by molar-refractivity contribution is 6.58. The van der Waals surface area contributed by atoms with Crippen LogP contribution in [0.1, 0.15) is 147 Å². The van der Waals surface area contributed by atoms with Gasteiger partial charge in [-0.05, 0) is 114 Å². The fourth-order valence-corrected chi connectivity index (χ4v) is 9.96. The van der Waals surface area contributed by atoms with Crippen LogP contribution in [0.2, 0.25) is 13.1 Å². The van der Waals surface area contributed by atoms with Crippen LogP contribution in [0.25, 0.3) is 34.4 Å². The summed E-state index contributed by atoms with van der Waals surface area (Å²) in [6.45, 7) is 37.2. The molecule has 2 aliphatic rings. The van der Waals surface area contributed by atoms with Gasteiger partial charge in [-0.15, -0.1) is 0 Å². The van der Waals surface area contributed by atoms with Gasteiger partial charge in [0.2, 0.25) is 0 Å². The summed E-state index contributed by atoms with van der Waals surface area (Å²) >= 11 is 0. The first kappa shape index (κ1) is 38.8. The molecule has 0 aromatic heterocycles. The van der Waals surface area contributed by atoms with Crippen molar-refractivity contribution >= 4 is 20.9 Å². The number of hydrogen-bond acceptors (Lipinski definition) is 0. The molecule has 0 spiro atoms. The van der Waals surface area contributed by atoms with Crippen LogP contribution < -0.4 is 0 Å². The molecule has 1 unspecified atom stereocenters. The second kappa shape index (κ2) is 13.9. The van der Waals surface area contributed by atoms with Crippen LogP contribution in [-0.2, 0) is 28.1 Å². The van der Waals surface area contributed by atoms with Gasteiger partial charge in [0.15, 0.2) is 0 Å². The first-order chi connectivity index (χ1) is 23.4. The van der Waals surface area contributed by atoms with Crippen LogP contribution in [0, 0.1) is 0 Å². The zero-order chi connectivity index (χ0) is 37.8. The number of fused-ring (bicyclic) bond motifs is 2. The molecule has 0 fully saturated rings. The summed E-state index contributed by atoms with van der Waals surface area (Å²) in [4.78, 5) is 0. The normalized spacial score (nSPS) is 16.0. The van der Waals surface area contributed by atoms with Crippen molar-refractivity contribution in [2.75, 3.05) is 0 Å². The molecule has 270 valence electrons. The van der Waals surface area contributed by atoms with Gasteiger partial charge in [0.05, 0.1) is 0 Å². The Morgan fingerprint density at radius 1 is 0.510 bits per heavy atom. The zero-order valence-corrected chi connectivity index (χ0v) is 36.1. The predicted octanol–water partition coefficient (Wildman–Crippen LogP) is 14.4. The Hall–Kier alpha value is -3.42. The van der Waals surface area contributed by atoms with Crippen LogP contribution in [0.5, 0.6) is 0 Å². The molecule has 4 aromatic carbocycles. The Morgan fingerprint density at radius 3 is 1.33 bits per heavy atom. The summed E-state index contributed by atoms with van der Waals surface area (Å²) in [5, 5.41) is 0. The van der Waals surface area contributed by atoms with E-state index in [2.05, 4.69) is 195 Å². The monoisotopic (exact) mass is 694 g/mol. The number of allylic oxidation sites excluding steroid dienone is 2. The maximum Gasteiger partial charge on any atom is 0.0439 e. The highest BCUT2D eigenvalue weighted by Crippen LogP contribution is 2.44. The van der Waals surface area contributed by atoms with Gasteiger partial charge in [-0.1, -0.05) is 192 Å². The van der Waals surface area contributed by atoms with Crippen molar-refractivity contribution in [1.29, 1.82) is 0 Å². The van der Waals surface area contributed by atoms with Crippen LogP contribution in [0.4, 0.5) is 0 Å². The molecule has 1 heteroatoms. The maximum atomic E-state index is 2.47. The third-order valence-corrected chi connectivity index (χ3v) is 13.2. The minimum atomic E-state index is -0.775. The summed E-state index contributed by atoms with van der Waals surface area (Å²) in [7, 11) is -0.775. The molecule has 1 atom stereocenters. The highest BCUT2D eigenvalue weighted by atomic mass is 28.3. The second-order valence-electron chi connectivity index (χ2n) is 20.1. The minimum Gasteiger partial charge on any atom is -0.0714 e. The largest absolute Gasteiger partial charge is 0.0714 e. The molecule has 0 saturated heterocycles. The van der Waals surface area contributed by atoms with Gasteiger partial charge >= 0.3 is 0 Å². The van der Waals surface area contributed by atoms with Gasteiger partial charge in [0, 0.05) is 8.80 Å². The van der Waals surface area contributed by atoms with Crippen molar-refractivity contribution in [3.63, 3.8) is 0 Å². The molecule has 4 aromatic rings. The maximum absolute atomic E-state index is 2.47. The average Bonchev–Trinajstić information content (AvgIpc) is 3.57. The lowest BCUT2D eigenvalue weighted by Crippen LogP contribution is -2.17. The van der Waals surface area contributed by atoms with Crippen molar-refractivity contribution < 1.29 is 0 Å². The fraction of sp³-hybridized carbons (Fsp3) is 0.440. The van der Waals surface area contributed by atoms with Gasteiger partial charge in [0.1, 0.15) is 0 Å². The highest BCUT2D eigenvalue weighted by Gasteiger charge is 2.29. The third-order valence-electron chi connectivity index (χ3n) is 11.0. The van der Waals surface area contributed by atoms with Gasteiger partial charge in [-0.3, -0.25) is 0 Å². The van der Waals surface area contributed by atoms with Crippen molar-refractivity contribution in [1.82, 2.24) is 0 Å². The van der Waals surface area contributed by atoms with Crippen LogP contribution in [0.15, 0.2) is 83.9 Å².